The van der Waals surface area contributed by atoms with Crippen molar-refractivity contribution in [2.75, 3.05) is 0 Å². The van der Waals surface area contributed by atoms with Crippen molar-refractivity contribution in [1.29, 1.82) is 0 Å². The molecule has 0 aliphatic rings. The lowest BCUT2D eigenvalue weighted by Gasteiger charge is -2.39. The number of benzene rings is 1. The summed E-state index contributed by atoms with van der Waals surface area (Å²) in [5, 5.41) is 0.471. The summed E-state index contributed by atoms with van der Waals surface area (Å²) in [5.74, 6) is 0. The molecule has 0 aliphatic heterocycles. The summed E-state index contributed by atoms with van der Waals surface area (Å²) in [7, 11) is -0.374. The zero-order chi connectivity index (χ0) is 15.0. The van der Waals surface area contributed by atoms with Crippen molar-refractivity contribution >= 4 is 13.4 Å². The Hall–Kier alpha value is -1.07. The normalized spacial score (nSPS) is 12.9. The molecular weight excluding hydrogens is 263 g/mol. The fourth-order valence-corrected chi connectivity index (χ4v) is 6.65. The van der Waals surface area contributed by atoms with E-state index in [9.17, 15) is 0 Å². The van der Waals surface area contributed by atoms with Gasteiger partial charge in [-0.2, -0.15) is 0 Å². The monoisotopic (exact) mass is 288 g/mol. The molecule has 0 aliphatic carbocycles. The van der Waals surface area contributed by atoms with Crippen LogP contribution in [0.4, 0.5) is 0 Å². The highest BCUT2D eigenvalue weighted by molar-refractivity contribution is 7.68. The van der Waals surface area contributed by atoms with E-state index in [1.165, 1.54) is 11.1 Å². The van der Waals surface area contributed by atoms with Crippen molar-refractivity contribution < 1.29 is 4.42 Å². The van der Waals surface area contributed by atoms with E-state index in [0.29, 0.717) is 0 Å². The minimum absolute atomic E-state index is 0.236. The van der Waals surface area contributed by atoms with Crippen LogP contribution in [0.3, 0.4) is 0 Å². The first kappa shape index (κ1) is 15.3. The summed E-state index contributed by atoms with van der Waals surface area (Å²) in [4.78, 5) is 0. The Morgan fingerprint density at radius 3 is 1.85 bits per heavy atom. The molecule has 0 bridgehead atoms. The van der Waals surface area contributed by atoms with E-state index in [0.717, 1.165) is 5.50 Å². The van der Waals surface area contributed by atoms with Gasteiger partial charge in [0.25, 0.3) is 0 Å². The average Bonchev–Trinajstić information content (AvgIpc) is 2.75. The molecule has 0 saturated heterocycles. The molecule has 0 N–H and O–H groups in total. The Balaban J connectivity index is 2.41. The van der Waals surface area contributed by atoms with Crippen molar-refractivity contribution in [2.45, 2.75) is 51.9 Å². The third-order valence-corrected chi connectivity index (χ3v) is 6.61. The smallest absolute Gasteiger partial charge is 0.127 e. The van der Waals surface area contributed by atoms with Gasteiger partial charge in [0.1, 0.15) is 5.50 Å². The minimum atomic E-state index is -0.374. The van der Waals surface area contributed by atoms with Crippen molar-refractivity contribution in [2.24, 2.45) is 0 Å². The second-order valence-corrected chi connectivity index (χ2v) is 11.0. The molecule has 0 unspecified atom stereocenters. The lowest BCUT2D eigenvalue weighted by atomic mass is 10.1. The second-order valence-electron chi connectivity index (χ2n) is 7.22. The largest absolute Gasteiger partial charge is 0.464 e. The van der Waals surface area contributed by atoms with Gasteiger partial charge in [0, 0.05) is 5.56 Å². The quantitative estimate of drug-likeness (QED) is 0.651. The fourth-order valence-electron chi connectivity index (χ4n) is 2.89. The van der Waals surface area contributed by atoms with Gasteiger partial charge in [-0.05, 0) is 29.9 Å². The van der Waals surface area contributed by atoms with Gasteiger partial charge in [-0.15, -0.1) is 0 Å². The zero-order valence-corrected chi connectivity index (χ0v) is 14.3. The Kier molecular flexibility index (Phi) is 4.12. The van der Waals surface area contributed by atoms with Gasteiger partial charge in [-0.25, -0.2) is 0 Å². The van der Waals surface area contributed by atoms with Gasteiger partial charge in [-0.3, -0.25) is 0 Å². The van der Waals surface area contributed by atoms with Crippen LogP contribution in [0.5, 0.6) is 0 Å². The van der Waals surface area contributed by atoms with Crippen LogP contribution in [0, 0.1) is 0 Å². The van der Waals surface area contributed by atoms with E-state index in [1.807, 2.05) is 12.3 Å². The van der Waals surface area contributed by atoms with E-state index in [-0.39, 0.29) is 18.2 Å². The Morgan fingerprint density at radius 1 is 0.800 bits per heavy atom. The highest BCUT2D eigenvalue weighted by atomic mass is 31.1. The van der Waals surface area contributed by atoms with Gasteiger partial charge in [-0.1, -0.05) is 71.9 Å². The van der Waals surface area contributed by atoms with E-state index in [4.69, 9.17) is 4.42 Å². The van der Waals surface area contributed by atoms with Crippen LogP contribution in [-0.2, 0) is 0 Å². The molecule has 108 valence electrons. The van der Waals surface area contributed by atoms with Gasteiger partial charge >= 0.3 is 0 Å². The standard InChI is InChI=1S/C18H25OP/c1-17(2,3)20(18(4,5)6)16-12-15(13-19-16)14-10-8-7-9-11-14/h7-13H,1-6H3. The van der Waals surface area contributed by atoms with Gasteiger partial charge in [0.2, 0.25) is 0 Å². The average molecular weight is 288 g/mol. The molecule has 0 spiro atoms. The molecule has 1 aromatic heterocycles. The van der Waals surface area contributed by atoms with Gasteiger partial charge < -0.3 is 4.42 Å². The maximum absolute atomic E-state index is 5.96. The predicted molar refractivity (Wildman–Crippen MR) is 90.2 cm³/mol. The van der Waals surface area contributed by atoms with Gasteiger partial charge in [0.05, 0.1) is 6.26 Å². The Morgan fingerprint density at radius 2 is 1.35 bits per heavy atom. The molecule has 0 amide bonds. The molecule has 0 fully saturated rings. The lowest BCUT2D eigenvalue weighted by Crippen LogP contribution is -2.30. The van der Waals surface area contributed by atoms with Crippen LogP contribution < -0.4 is 5.50 Å². The zero-order valence-electron chi connectivity index (χ0n) is 13.4. The molecule has 1 heterocycles. The predicted octanol–water partition coefficient (Wildman–Crippen LogP) is 5.65. The first-order valence-electron chi connectivity index (χ1n) is 7.14. The molecule has 0 atom stereocenters. The molecule has 0 saturated carbocycles. The lowest BCUT2D eigenvalue weighted by molar-refractivity contribution is 0.593. The number of rotatable bonds is 2. The number of hydrogen-bond donors (Lipinski definition) is 0. The van der Waals surface area contributed by atoms with Gasteiger partial charge in [0.15, 0.2) is 0 Å². The van der Waals surface area contributed by atoms with Crippen LogP contribution in [0.1, 0.15) is 41.5 Å². The maximum Gasteiger partial charge on any atom is 0.127 e. The van der Waals surface area contributed by atoms with Crippen LogP contribution in [0.15, 0.2) is 47.1 Å². The van der Waals surface area contributed by atoms with E-state index >= 15 is 0 Å². The van der Waals surface area contributed by atoms with Crippen LogP contribution in [-0.4, -0.2) is 10.3 Å². The highest BCUT2D eigenvalue weighted by Crippen LogP contribution is 2.58. The molecule has 2 aromatic rings. The second kappa shape index (κ2) is 5.37. The first-order chi connectivity index (χ1) is 9.19. The fraction of sp³-hybridized carbons (Fsp3) is 0.444. The summed E-state index contributed by atoms with van der Waals surface area (Å²) in [5.41, 5.74) is 3.56. The molecule has 1 aromatic carbocycles. The SMILES string of the molecule is CC(C)(C)P(c1cc(-c2ccccc2)co1)C(C)(C)C. The van der Waals surface area contributed by atoms with Crippen LogP contribution in [0.25, 0.3) is 11.1 Å². The maximum atomic E-state index is 5.96. The number of hydrogen-bond acceptors (Lipinski definition) is 1. The first-order valence-corrected chi connectivity index (χ1v) is 8.48. The van der Waals surface area contributed by atoms with E-state index in [2.05, 4.69) is 71.9 Å². The number of furan rings is 1. The van der Waals surface area contributed by atoms with Crippen molar-refractivity contribution in [1.82, 2.24) is 0 Å². The molecular formula is C18H25OP. The molecule has 20 heavy (non-hydrogen) atoms. The van der Waals surface area contributed by atoms with Crippen molar-refractivity contribution in [3.05, 3.63) is 42.7 Å². The topological polar surface area (TPSA) is 13.1 Å². The van der Waals surface area contributed by atoms with Crippen LogP contribution in [0.2, 0.25) is 0 Å². The minimum Gasteiger partial charge on any atom is -0.464 e. The summed E-state index contributed by atoms with van der Waals surface area (Å²) in [6.07, 6.45) is 1.90. The summed E-state index contributed by atoms with van der Waals surface area (Å²) < 4.78 is 5.96. The van der Waals surface area contributed by atoms with Crippen molar-refractivity contribution in [3.63, 3.8) is 0 Å². The third kappa shape index (κ3) is 3.33. The summed E-state index contributed by atoms with van der Waals surface area (Å²) in [6, 6.07) is 12.7. The molecule has 1 nitrogen and oxygen atoms in total. The Labute approximate surface area is 124 Å². The highest BCUT2D eigenvalue weighted by Gasteiger charge is 2.37. The molecule has 2 rings (SSSR count). The Bertz CT molecular complexity index is 541. The third-order valence-electron chi connectivity index (χ3n) is 3.25. The van der Waals surface area contributed by atoms with E-state index < -0.39 is 0 Å². The summed E-state index contributed by atoms with van der Waals surface area (Å²) in [6.45, 7) is 13.9. The van der Waals surface area contributed by atoms with E-state index in [1.54, 1.807) is 0 Å². The molecule has 2 heteroatoms. The van der Waals surface area contributed by atoms with Crippen molar-refractivity contribution in [3.8, 4) is 11.1 Å². The summed E-state index contributed by atoms with van der Waals surface area (Å²) >= 11 is 0. The van der Waals surface area contributed by atoms with Crippen LogP contribution >= 0.6 is 7.92 Å². The molecule has 0 radical (unpaired) electrons.